The predicted octanol–water partition coefficient (Wildman–Crippen LogP) is 2.86. The fourth-order valence-electron chi connectivity index (χ4n) is 2.43. The molecule has 0 bridgehead atoms. The van der Waals surface area contributed by atoms with Gasteiger partial charge in [0.2, 0.25) is 0 Å². The maximum Gasteiger partial charge on any atom is 0.344 e. The third-order valence-corrected chi connectivity index (χ3v) is 3.42. The van der Waals surface area contributed by atoms with Crippen molar-refractivity contribution in [2.45, 2.75) is 6.92 Å². The number of carbonyl (C=O) groups is 1. The van der Waals surface area contributed by atoms with Crippen molar-refractivity contribution < 1.29 is 19.1 Å². The number of Topliss-reactive ketones (excluding diaryl/α,β-unsaturated/α-hetero) is 1. The number of benzene rings is 2. The van der Waals surface area contributed by atoms with Gasteiger partial charge >= 0.3 is 5.63 Å². The first-order chi connectivity index (χ1) is 10.0. The molecule has 0 radical (unpaired) electrons. The summed E-state index contributed by atoms with van der Waals surface area (Å²) in [4.78, 5) is 23.8. The molecule has 3 rings (SSSR count). The van der Waals surface area contributed by atoms with Crippen LogP contribution >= 0.6 is 0 Å². The number of phenolic OH excluding ortho intramolecular Hbond substituents is 1. The maximum atomic E-state index is 12.1. The van der Waals surface area contributed by atoms with Gasteiger partial charge < -0.3 is 14.3 Å². The van der Waals surface area contributed by atoms with Crippen molar-refractivity contribution in [3.8, 4) is 11.5 Å². The van der Waals surface area contributed by atoms with Crippen molar-refractivity contribution in [2.24, 2.45) is 0 Å². The van der Waals surface area contributed by atoms with Crippen molar-refractivity contribution in [3.63, 3.8) is 0 Å². The quantitative estimate of drug-likeness (QED) is 0.445. The van der Waals surface area contributed by atoms with Crippen LogP contribution in [0.4, 0.5) is 0 Å². The highest BCUT2D eigenvalue weighted by atomic mass is 16.5. The molecule has 5 nitrogen and oxygen atoms in total. The molecule has 0 fully saturated rings. The van der Waals surface area contributed by atoms with Crippen LogP contribution in [0.25, 0.3) is 21.7 Å². The van der Waals surface area contributed by atoms with Crippen LogP contribution < -0.4 is 10.4 Å². The van der Waals surface area contributed by atoms with Gasteiger partial charge in [-0.2, -0.15) is 0 Å². The van der Waals surface area contributed by atoms with Crippen LogP contribution in [0.5, 0.6) is 11.5 Å². The molecule has 3 aromatic rings. The summed E-state index contributed by atoms with van der Waals surface area (Å²) < 4.78 is 10.4. The Bertz CT molecular complexity index is 937. The second-order valence-corrected chi connectivity index (χ2v) is 4.69. The van der Waals surface area contributed by atoms with E-state index in [0.29, 0.717) is 21.9 Å². The number of fused-ring (bicyclic) bond motifs is 3. The molecule has 1 aromatic heterocycles. The lowest BCUT2D eigenvalue weighted by molar-refractivity contribution is 0.101. The van der Waals surface area contributed by atoms with Gasteiger partial charge in [0, 0.05) is 10.8 Å². The highest BCUT2D eigenvalue weighted by Crippen LogP contribution is 2.32. The summed E-state index contributed by atoms with van der Waals surface area (Å²) in [7, 11) is 1.51. The number of aromatic hydroxyl groups is 1. The maximum absolute atomic E-state index is 12.1. The van der Waals surface area contributed by atoms with Gasteiger partial charge in [0.15, 0.2) is 11.4 Å². The van der Waals surface area contributed by atoms with Gasteiger partial charge in [-0.1, -0.05) is 0 Å². The average molecular weight is 284 g/mol. The summed E-state index contributed by atoms with van der Waals surface area (Å²) in [6.07, 6.45) is 0. The zero-order valence-corrected chi connectivity index (χ0v) is 11.5. The fourth-order valence-corrected chi connectivity index (χ4v) is 2.43. The van der Waals surface area contributed by atoms with Crippen molar-refractivity contribution in [2.75, 3.05) is 7.11 Å². The first-order valence-electron chi connectivity index (χ1n) is 6.30. The van der Waals surface area contributed by atoms with Gasteiger partial charge in [0.25, 0.3) is 0 Å². The van der Waals surface area contributed by atoms with E-state index >= 15 is 0 Å². The van der Waals surface area contributed by atoms with Crippen molar-refractivity contribution in [1.82, 2.24) is 0 Å². The third kappa shape index (κ3) is 1.94. The summed E-state index contributed by atoms with van der Waals surface area (Å²) in [5, 5.41) is 11.4. The van der Waals surface area contributed by atoms with Gasteiger partial charge in [0.1, 0.15) is 17.1 Å². The number of rotatable bonds is 2. The van der Waals surface area contributed by atoms with Gasteiger partial charge in [-0.15, -0.1) is 0 Å². The minimum atomic E-state index is -0.579. The van der Waals surface area contributed by atoms with E-state index in [0.717, 1.165) is 0 Å². The monoisotopic (exact) mass is 284 g/mol. The molecule has 5 heteroatoms. The van der Waals surface area contributed by atoms with Crippen LogP contribution in [0.15, 0.2) is 39.5 Å². The smallest absolute Gasteiger partial charge is 0.344 e. The molecule has 0 aliphatic rings. The third-order valence-electron chi connectivity index (χ3n) is 3.42. The van der Waals surface area contributed by atoms with Crippen molar-refractivity contribution in [3.05, 3.63) is 46.3 Å². The molecule has 0 unspecified atom stereocenters. The van der Waals surface area contributed by atoms with E-state index < -0.39 is 5.63 Å². The van der Waals surface area contributed by atoms with Crippen molar-refractivity contribution in [1.29, 1.82) is 0 Å². The van der Waals surface area contributed by atoms with Crippen LogP contribution in [-0.2, 0) is 0 Å². The molecule has 0 aliphatic carbocycles. The normalized spacial score (nSPS) is 11.0. The molecule has 0 atom stereocenters. The predicted molar refractivity (Wildman–Crippen MR) is 78.2 cm³/mol. The van der Waals surface area contributed by atoms with Crippen LogP contribution in [0.2, 0.25) is 0 Å². The lowest BCUT2D eigenvalue weighted by atomic mass is 10.0. The molecular weight excluding hydrogens is 272 g/mol. The highest BCUT2D eigenvalue weighted by molar-refractivity contribution is 6.13. The zero-order valence-electron chi connectivity index (χ0n) is 11.5. The average Bonchev–Trinajstić information content (AvgIpc) is 2.46. The number of methoxy groups -OCH3 is 1. The Balaban J connectivity index is 2.54. The van der Waals surface area contributed by atoms with Gasteiger partial charge in [-0.3, -0.25) is 4.79 Å². The molecule has 106 valence electrons. The van der Waals surface area contributed by atoms with E-state index in [1.165, 1.54) is 20.1 Å². The second-order valence-electron chi connectivity index (χ2n) is 4.69. The minimum Gasteiger partial charge on any atom is -0.507 e. The van der Waals surface area contributed by atoms with E-state index in [1.807, 2.05) is 0 Å². The number of phenols is 1. The number of hydrogen-bond donors (Lipinski definition) is 1. The Labute approximate surface area is 119 Å². The van der Waals surface area contributed by atoms with Crippen molar-refractivity contribution >= 4 is 27.5 Å². The SMILES string of the molecule is COc1ccc2c(c1)c(=O)oc1c(C(C)=O)c(O)ccc12. The lowest BCUT2D eigenvalue weighted by Crippen LogP contribution is -2.03. The Morgan fingerprint density at radius 1 is 1.14 bits per heavy atom. The summed E-state index contributed by atoms with van der Waals surface area (Å²) in [5.74, 6) is -0.0279. The minimum absolute atomic E-state index is 0.0160. The summed E-state index contributed by atoms with van der Waals surface area (Å²) in [6.45, 7) is 1.31. The Kier molecular flexibility index (Phi) is 2.90. The van der Waals surface area contributed by atoms with Crippen LogP contribution in [0.3, 0.4) is 0 Å². The molecule has 2 aromatic carbocycles. The fraction of sp³-hybridized carbons (Fsp3) is 0.125. The first kappa shape index (κ1) is 13.2. The summed E-state index contributed by atoms with van der Waals surface area (Å²) in [6, 6.07) is 8.08. The number of hydrogen-bond acceptors (Lipinski definition) is 5. The standard InChI is InChI=1S/C16H12O5/c1-8(17)14-13(18)6-5-11-10-4-3-9(20-2)7-12(10)16(19)21-15(11)14/h3-7,18H,1-2H3. The Morgan fingerprint density at radius 2 is 1.86 bits per heavy atom. The number of ketones is 1. The Hall–Kier alpha value is -2.82. The van der Waals surface area contributed by atoms with Crippen LogP contribution in [0, 0.1) is 0 Å². The molecule has 0 amide bonds. The molecule has 0 saturated carbocycles. The van der Waals surface area contributed by atoms with E-state index in [4.69, 9.17) is 9.15 Å². The summed E-state index contributed by atoms with van der Waals surface area (Å²) >= 11 is 0. The highest BCUT2D eigenvalue weighted by Gasteiger charge is 2.17. The summed E-state index contributed by atoms with van der Waals surface area (Å²) in [5.41, 5.74) is -0.461. The molecule has 21 heavy (non-hydrogen) atoms. The molecule has 1 N–H and O–H groups in total. The largest absolute Gasteiger partial charge is 0.507 e. The van der Waals surface area contributed by atoms with E-state index in [9.17, 15) is 14.7 Å². The molecular formula is C16H12O5. The molecule has 0 spiro atoms. The van der Waals surface area contributed by atoms with Gasteiger partial charge in [-0.25, -0.2) is 4.79 Å². The topological polar surface area (TPSA) is 76.7 Å². The number of ether oxygens (including phenoxy) is 1. The molecule has 0 aliphatic heterocycles. The van der Waals surface area contributed by atoms with Crippen LogP contribution in [-0.4, -0.2) is 18.0 Å². The Morgan fingerprint density at radius 3 is 2.52 bits per heavy atom. The first-order valence-corrected chi connectivity index (χ1v) is 6.30. The van der Waals surface area contributed by atoms with E-state index in [2.05, 4.69) is 0 Å². The molecule has 0 saturated heterocycles. The lowest BCUT2D eigenvalue weighted by Gasteiger charge is -2.08. The van der Waals surface area contributed by atoms with Crippen LogP contribution in [0.1, 0.15) is 17.3 Å². The van der Waals surface area contributed by atoms with E-state index in [1.54, 1.807) is 24.3 Å². The molecule has 1 heterocycles. The van der Waals surface area contributed by atoms with Gasteiger partial charge in [0.05, 0.1) is 12.5 Å². The second kappa shape index (κ2) is 4.63. The number of carbonyl (C=O) groups excluding carboxylic acids is 1. The van der Waals surface area contributed by atoms with Gasteiger partial charge in [-0.05, 0) is 37.3 Å². The zero-order chi connectivity index (χ0) is 15.1. The van der Waals surface area contributed by atoms with E-state index in [-0.39, 0.29) is 22.7 Å².